The summed E-state index contributed by atoms with van der Waals surface area (Å²) in [6.45, 7) is 7.41. The fourth-order valence-electron chi connectivity index (χ4n) is 3.28. The zero-order chi connectivity index (χ0) is 20.6. The van der Waals surface area contributed by atoms with E-state index in [2.05, 4.69) is 25.9 Å². The third-order valence-electron chi connectivity index (χ3n) is 5.36. The number of halogens is 2. The molecule has 0 saturated heterocycles. The van der Waals surface area contributed by atoms with Crippen molar-refractivity contribution in [1.29, 1.82) is 0 Å². The molecule has 0 aliphatic carbocycles. The number of carbonyl (C=O) groups excluding carboxylic acids is 2. The second-order valence-electron chi connectivity index (χ2n) is 7.90. The molecule has 150 valence electrons. The molecule has 2 aromatic rings. The molecule has 0 atom stereocenters. The van der Waals surface area contributed by atoms with Crippen molar-refractivity contribution >= 4 is 23.4 Å². The number of fused-ring (bicyclic) bond motifs is 1. The average molecular weight is 407 g/mol. The van der Waals surface area contributed by atoms with Gasteiger partial charge in [0.1, 0.15) is 11.5 Å². The molecule has 0 fully saturated rings. The van der Waals surface area contributed by atoms with Gasteiger partial charge in [-0.2, -0.15) is 5.10 Å². The normalized spacial score (nSPS) is 14.1. The van der Waals surface area contributed by atoms with E-state index < -0.39 is 11.7 Å². The van der Waals surface area contributed by atoms with Gasteiger partial charge in [-0.1, -0.05) is 38.8 Å². The maximum absolute atomic E-state index is 13.5. The van der Waals surface area contributed by atoms with Gasteiger partial charge in [0.05, 0.1) is 29.4 Å². The maximum Gasteiger partial charge on any atom is 0.252 e. The number of amides is 2. The van der Waals surface area contributed by atoms with Crippen LogP contribution in [0.5, 0.6) is 0 Å². The smallest absolute Gasteiger partial charge is 0.252 e. The van der Waals surface area contributed by atoms with Crippen LogP contribution in [0.1, 0.15) is 49.7 Å². The topological polar surface area (TPSA) is 81.2 Å². The summed E-state index contributed by atoms with van der Waals surface area (Å²) in [5.74, 6) is -1.15. The second-order valence-corrected chi connectivity index (χ2v) is 8.30. The fraction of sp³-hybridized carbons (Fsp3) is 0.450. The summed E-state index contributed by atoms with van der Waals surface area (Å²) in [5.41, 5.74) is 7.24. The van der Waals surface area contributed by atoms with Crippen LogP contribution in [0.2, 0.25) is 5.02 Å². The Kier molecular flexibility index (Phi) is 5.48. The molecule has 2 amide bonds. The van der Waals surface area contributed by atoms with Crippen LogP contribution in [0, 0.1) is 11.2 Å². The summed E-state index contributed by atoms with van der Waals surface area (Å²) in [4.78, 5) is 26.7. The van der Waals surface area contributed by atoms with Crippen LogP contribution < -0.4 is 5.73 Å². The van der Waals surface area contributed by atoms with E-state index in [0.717, 1.165) is 6.42 Å². The molecule has 0 radical (unpaired) electrons. The van der Waals surface area contributed by atoms with Crippen molar-refractivity contribution in [2.45, 2.75) is 46.7 Å². The summed E-state index contributed by atoms with van der Waals surface area (Å²) in [7, 11) is 0. The van der Waals surface area contributed by atoms with Crippen molar-refractivity contribution in [2.24, 2.45) is 11.1 Å². The van der Waals surface area contributed by atoms with Crippen molar-refractivity contribution in [2.75, 3.05) is 6.54 Å². The number of hydrogen-bond acceptors (Lipinski definition) is 3. The highest BCUT2D eigenvalue weighted by Crippen LogP contribution is 2.32. The third-order valence-corrected chi connectivity index (χ3v) is 5.65. The molecule has 28 heavy (non-hydrogen) atoms. The Bertz CT molecular complexity index is 939. The molecular formula is C20H24ClFN4O2. The third kappa shape index (κ3) is 3.90. The van der Waals surface area contributed by atoms with Crippen LogP contribution in [-0.2, 0) is 17.9 Å². The van der Waals surface area contributed by atoms with E-state index in [4.69, 9.17) is 17.3 Å². The van der Waals surface area contributed by atoms with Gasteiger partial charge in [-0.15, -0.1) is 0 Å². The minimum atomic E-state index is -0.639. The number of hydrogen-bond donors (Lipinski definition) is 1. The first-order valence-electron chi connectivity index (χ1n) is 9.25. The Balaban J connectivity index is 1.96. The summed E-state index contributed by atoms with van der Waals surface area (Å²) < 4.78 is 15.2. The van der Waals surface area contributed by atoms with Crippen molar-refractivity contribution in [3.05, 3.63) is 40.3 Å². The van der Waals surface area contributed by atoms with Crippen LogP contribution in [0.4, 0.5) is 4.39 Å². The SMILES string of the molecule is CCC(C)(C)CC(=O)N1CCn2nc(-c3ccc(F)c(Cl)c3)c(C(N)=O)c2C1. The zero-order valence-electron chi connectivity index (χ0n) is 16.3. The van der Waals surface area contributed by atoms with E-state index in [9.17, 15) is 14.0 Å². The van der Waals surface area contributed by atoms with Gasteiger partial charge in [0.15, 0.2) is 0 Å². The Morgan fingerprint density at radius 1 is 1.32 bits per heavy atom. The molecule has 2 N–H and O–H groups in total. The van der Waals surface area contributed by atoms with Crippen molar-refractivity contribution in [3.63, 3.8) is 0 Å². The Labute approximate surface area is 168 Å². The first-order valence-corrected chi connectivity index (χ1v) is 9.63. The van der Waals surface area contributed by atoms with Crippen LogP contribution in [0.15, 0.2) is 18.2 Å². The number of benzene rings is 1. The molecule has 1 aromatic carbocycles. The number of rotatable bonds is 5. The molecule has 8 heteroatoms. The van der Waals surface area contributed by atoms with Crippen LogP contribution >= 0.6 is 11.6 Å². The van der Waals surface area contributed by atoms with E-state index in [0.29, 0.717) is 36.5 Å². The monoisotopic (exact) mass is 406 g/mol. The van der Waals surface area contributed by atoms with Gasteiger partial charge in [0.2, 0.25) is 5.91 Å². The van der Waals surface area contributed by atoms with Crippen LogP contribution in [-0.4, -0.2) is 33.0 Å². The summed E-state index contributed by atoms with van der Waals surface area (Å²) in [6.07, 6.45) is 1.33. The predicted octanol–water partition coefficient (Wildman–Crippen LogP) is 3.61. The summed E-state index contributed by atoms with van der Waals surface area (Å²) in [6, 6.07) is 4.16. The van der Waals surface area contributed by atoms with E-state index >= 15 is 0 Å². The maximum atomic E-state index is 13.5. The van der Waals surface area contributed by atoms with Crippen molar-refractivity contribution in [1.82, 2.24) is 14.7 Å². The van der Waals surface area contributed by atoms with Crippen molar-refractivity contribution in [3.8, 4) is 11.3 Å². The quantitative estimate of drug-likeness (QED) is 0.823. The highest BCUT2D eigenvalue weighted by atomic mass is 35.5. The van der Waals surface area contributed by atoms with Gasteiger partial charge in [-0.05, 0) is 23.6 Å². The number of primary amides is 1. The Morgan fingerprint density at radius 2 is 2.04 bits per heavy atom. The largest absolute Gasteiger partial charge is 0.365 e. The highest BCUT2D eigenvalue weighted by molar-refractivity contribution is 6.31. The van der Waals surface area contributed by atoms with Gasteiger partial charge in [0.25, 0.3) is 5.91 Å². The van der Waals surface area contributed by atoms with E-state index in [1.54, 1.807) is 9.58 Å². The van der Waals surface area contributed by atoms with E-state index in [1.165, 1.54) is 18.2 Å². The Hall–Kier alpha value is -2.41. The lowest BCUT2D eigenvalue weighted by atomic mass is 9.86. The first-order chi connectivity index (χ1) is 13.1. The van der Waals surface area contributed by atoms with E-state index in [-0.39, 0.29) is 28.5 Å². The van der Waals surface area contributed by atoms with Gasteiger partial charge < -0.3 is 10.6 Å². The predicted molar refractivity (Wildman–Crippen MR) is 105 cm³/mol. The molecule has 0 bridgehead atoms. The Morgan fingerprint density at radius 3 is 2.64 bits per heavy atom. The summed E-state index contributed by atoms with van der Waals surface area (Å²) >= 11 is 5.88. The van der Waals surface area contributed by atoms with E-state index in [1.807, 2.05) is 0 Å². The van der Waals surface area contributed by atoms with Gasteiger partial charge in [-0.3, -0.25) is 14.3 Å². The zero-order valence-corrected chi connectivity index (χ0v) is 17.0. The molecule has 3 rings (SSSR count). The molecule has 1 aromatic heterocycles. The highest BCUT2D eigenvalue weighted by Gasteiger charge is 2.31. The van der Waals surface area contributed by atoms with Crippen molar-refractivity contribution < 1.29 is 14.0 Å². The number of nitrogens with zero attached hydrogens (tertiary/aromatic N) is 3. The molecule has 0 unspecified atom stereocenters. The molecule has 6 nitrogen and oxygen atoms in total. The molecular weight excluding hydrogens is 383 g/mol. The van der Waals surface area contributed by atoms with Crippen LogP contribution in [0.25, 0.3) is 11.3 Å². The number of nitrogens with two attached hydrogens (primary N) is 1. The van der Waals surface area contributed by atoms with Gasteiger partial charge in [0, 0.05) is 18.5 Å². The lowest BCUT2D eigenvalue weighted by molar-refractivity contribution is -0.134. The number of carbonyl (C=O) groups is 2. The molecule has 1 aliphatic heterocycles. The molecule has 2 heterocycles. The fourth-order valence-corrected chi connectivity index (χ4v) is 3.46. The standard InChI is InChI=1S/C20H24ClFN4O2/c1-4-20(2,3)10-16(27)25-7-8-26-15(11-25)17(19(23)28)18(24-26)12-5-6-14(22)13(21)9-12/h5-6,9H,4,7-8,10-11H2,1-3H3,(H2,23,28). The molecule has 1 aliphatic rings. The molecule has 0 saturated carbocycles. The second kappa shape index (κ2) is 7.54. The minimum Gasteiger partial charge on any atom is -0.365 e. The summed E-state index contributed by atoms with van der Waals surface area (Å²) in [5, 5.41) is 4.44. The number of aromatic nitrogens is 2. The lowest BCUT2D eigenvalue weighted by Gasteiger charge is -2.31. The van der Waals surface area contributed by atoms with Gasteiger partial charge >= 0.3 is 0 Å². The molecule has 0 spiro atoms. The lowest BCUT2D eigenvalue weighted by Crippen LogP contribution is -2.40. The van der Waals surface area contributed by atoms with Crippen LogP contribution in [0.3, 0.4) is 0 Å². The minimum absolute atomic E-state index is 0.0427. The first kappa shape index (κ1) is 20.3. The van der Waals surface area contributed by atoms with Gasteiger partial charge in [-0.25, -0.2) is 4.39 Å². The average Bonchev–Trinajstić information content (AvgIpc) is 3.02.